The van der Waals surface area contributed by atoms with E-state index in [1.165, 1.54) is 0 Å². The van der Waals surface area contributed by atoms with E-state index in [4.69, 9.17) is 18.8 Å². The van der Waals surface area contributed by atoms with E-state index in [1.54, 1.807) is 0 Å². The molecule has 1 radical (unpaired) electrons. The fourth-order valence-electron chi connectivity index (χ4n) is 0.743. The lowest BCUT2D eigenvalue weighted by atomic mass is 10.2. The molecular formula is C8H18BO5. The Morgan fingerprint density at radius 3 is 1.64 bits per heavy atom. The maximum absolute atomic E-state index is 10.9. The largest absolute Gasteiger partial charge is 0.667 e. The summed E-state index contributed by atoms with van der Waals surface area (Å²) in [5.41, 5.74) is 0. The zero-order valence-corrected chi connectivity index (χ0v) is 8.86. The van der Waals surface area contributed by atoms with Gasteiger partial charge in [-0.1, -0.05) is 0 Å². The summed E-state index contributed by atoms with van der Waals surface area (Å²) in [4.78, 5) is 0. The summed E-state index contributed by atoms with van der Waals surface area (Å²) in [5, 5.41) is 10.9. The highest BCUT2D eigenvalue weighted by molar-refractivity contribution is 6.34. The van der Waals surface area contributed by atoms with Crippen LogP contribution in [0.2, 0.25) is 0 Å². The van der Waals surface area contributed by atoms with Gasteiger partial charge in [-0.2, -0.15) is 0 Å². The van der Waals surface area contributed by atoms with Gasteiger partial charge >= 0.3 is 7.32 Å². The Kier molecular flexibility index (Phi) is 10.8. The van der Waals surface area contributed by atoms with Crippen LogP contribution < -0.4 is 0 Å². The van der Waals surface area contributed by atoms with Crippen molar-refractivity contribution in [1.29, 1.82) is 0 Å². The van der Waals surface area contributed by atoms with Crippen LogP contribution in [0.25, 0.3) is 0 Å². The van der Waals surface area contributed by atoms with Crippen LogP contribution in [-0.4, -0.2) is 47.0 Å². The van der Waals surface area contributed by atoms with E-state index in [1.807, 2.05) is 13.8 Å². The standard InChI is InChI=1S/C8H18BO5/c1-3-11-5-7-13-9(10)14-8-6-12-4-2/h3-8H2,1-2H3. The monoisotopic (exact) mass is 205 g/mol. The maximum Gasteiger partial charge on any atom is 0.667 e. The fourth-order valence-corrected chi connectivity index (χ4v) is 0.743. The average molecular weight is 205 g/mol. The molecule has 0 saturated carbocycles. The number of hydrogen-bond acceptors (Lipinski definition) is 4. The van der Waals surface area contributed by atoms with Crippen molar-refractivity contribution in [2.75, 3.05) is 39.6 Å². The van der Waals surface area contributed by atoms with Gasteiger partial charge in [0.1, 0.15) is 0 Å². The van der Waals surface area contributed by atoms with Gasteiger partial charge in [0.15, 0.2) is 0 Å². The van der Waals surface area contributed by atoms with E-state index < -0.39 is 7.32 Å². The van der Waals surface area contributed by atoms with Crippen LogP contribution >= 0.6 is 0 Å². The molecule has 0 heterocycles. The molecule has 0 fully saturated rings. The summed E-state index contributed by atoms with van der Waals surface area (Å²) >= 11 is 0. The van der Waals surface area contributed by atoms with Gasteiger partial charge in [-0.25, -0.2) is 5.02 Å². The summed E-state index contributed by atoms with van der Waals surface area (Å²) < 4.78 is 19.5. The smallest absolute Gasteiger partial charge is 0.382 e. The Balaban J connectivity index is 3.07. The second-order valence-corrected chi connectivity index (χ2v) is 2.42. The van der Waals surface area contributed by atoms with Gasteiger partial charge in [-0.3, -0.25) is 0 Å². The van der Waals surface area contributed by atoms with Crippen LogP contribution in [0, 0.1) is 0 Å². The quantitative estimate of drug-likeness (QED) is 0.385. The third-order valence-corrected chi connectivity index (χ3v) is 1.37. The highest BCUT2D eigenvalue weighted by atomic mass is 16.7. The predicted molar refractivity (Wildman–Crippen MR) is 51.3 cm³/mol. The van der Waals surface area contributed by atoms with E-state index >= 15 is 0 Å². The molecule has 0 aliphatic rings. The fraction of sp³-hybridized carbons (Fsp3) is 1.00. The van der Waals surface area contributed by atoms with Gasteiger partial charge in [0.2, 0.25) is 0 Å². The summed E-state index contributed by atoms with van der Waals surface area (Å²) in [6.45, 7) is 6.37. The zero-order chi connectivity index (χ0) is 10.6. The van der Waals surface area contributed by atoms with Crippen molar-refractivity contribution in [2.24, 2.45) is 0 Å². The number of rotatable bonds is 10. The molecule has 0 bridgehead atoms. The first-order valence-electron chi connectivity index (χ1n) is 4.85. The van der Waals surface area contributed by atoms with Crippen LogP contribution in [0.5, 0.6) is 0 Å². The lowest BCUT2D eigenvalue weighted by Crippen LogP contribution is -2.25. The summed E-state index contributed by atoms with van der Waals surface area (Å²) in [5.74, 6) is 0. The average Bonchev–Trinajstić information content (AvgIpc) is 2.19. The minimum absolute atomic E-state index is 0.261. The molecule has 0 aromatic carbocycles. The highest BCUT2D eigenvalue weighted by Crippen LogP contribution is 1.87. The first-order valence-corrected chi connectivity index (χ1v) is 4.85. The Bertz CT molecular complexity index is 102. The van der Waals surface area contributed by atoms with E-state index in [9.17, 15) is 5.02 Å². The molecule has 83 valence electrons. The van der Waals surface area contributed by atoms with Crippen LogP contribution in [0.3, 0.4) is 0 Å². The normalized spacial score (nSPS) is 10.5. The lowest BCUT2D eigenvalue weighted by molar-refractivity contribution is 0.0425. The van der Waals surface area contributed by atoms with Gasteiger partial charge in [-0.05, 0) is 13.8 Å². The van der Waals surface area contributed by atoms with Crippen molar-refractivity contribution in [1.82, 2.24) is 0 Å². The Morgan fingerprint density at radius 2 is 1.29 bits per heavy atom. The molecule has 0 N–H and O–H groups in total. The molecule has 0 amide bonds. The SMILES string of the molecule is CCOCCOB([O])OCCOCC. The van der Waals surface area contributed by atoms with Gasteiger partial charge < -0.3 is 18.8 Å². The summed E-state index contributed by atoms with van der Waals surface area (Å²) in [6, 6.07) is 0. The van der Waals surface area contributed by atoms with Gasteiger partial charge in [0, 0.05) is 13.2 Å². The molecule has 6 heteroatoms. The molecule has 0 aliphatic carbocycles. The molecule has 0 unspecified atom stereocenters. The Morgan fingerprint density at radius 1 is 0.857 bits per heavy atom. The molecule has 0 atom stereocenters. The lowest BCUT2D eigenvalue weighted by Gasteiger charge is -2.07. The van der Waals surface area contributed by atoms with Crippen molar-refractivity contribution in [3.05, 3.63) is 0 Å². The van der Waals surface area contributed by atoms with Gasteiger partial charge in [-0.15, -0.1) is 0 Å². The van der Waals surface area contributed by atoms with Crippen molar-refractivity contribution in [2.45, 2.75) is 13.8 Å². The molecular weight excluding hydrogens is 187 g/mol. The topological polar surface area (TPSA) is 56.8 Å². The van der Waals surface area contributed by atoms with E-state index in [0.29, 0.717) is 26.4 Å². The second kappa shape index (κ2) is 10.9. The number of ether oxygens (including phenoxy) is 2. The first kappa shape index (κ1) is 13.9. The van der Waals surface area contributed by atoms with Crippen molar-refractivity contribution >= 4 is 7.32 Å². The molecule has 14 heavy (non-hydrogen) atoms. The van der Waals surface area contributed by atoms with Crippen LogP contribution in [-0.2, 0) is 23.8 Å². The van der Waals surface area contributed by atoms with E-state index in [-0.39, 0.29) is 13.2 Å². The molecule has 0 aromatic heterocycles. The molecule has 0 spiro atoms. The third-order valence-electron chi connectivity index (χ3n) is 1.37. The third kappa shape index (κ3) is 9.95. The minimum atomic E-state index is -1.43. The molecule has 5 nitrogen and oxygen atoms in total. The van der Waals surface area contributed by atoms with E-state index in [2.05, 4.69) is 0 Å². The minimum Gasteiger partial charge on any atom is -0.382 e. The van der Waals surface area contributed by atoms with Crippen LogP contribution in [0.4, 0.5) is 0 Å². The predicted octanol–water partition coefficient (Wildman–Crippen LogP) is 0.508. The van der Waals surface area contributed by atoms with Crippen LogP contribution in [0.15, 0.2) is 0 Å². The van der Waals surface area contributed by atoms with Gasteiger partial charge in [0.25, 0.3) is 0 Å². The van der Waals surface area contributed by atoms with Crippen molar-refractivity contribution in [3.8, 4) is 0 Å². The van der Waals surface area contributed by atoms with Crippen molar-refractivity contribution < 1.29 is 23.8 Å². The maximum atomic E-state index is 10.9. The van der Waals surface area contributed by atoms with Crippen LogP contribution in [0.1, 0.15) is 13.8 Å². The second-order valence-electron chi connectivity index (χ2n) is 2.42. The zero-order valence-electron chi connectivity index (χ0n) is 8.86. The first-order chi connectivity index (χ1) is 6.81. The highest BCUT2D eigenvalue weighted by Gasteiger charge is 2.16. The van der Waals surface area contributed by atoms with Gasteiger partial charge in [0.05, 0.1) is 26.4 Å². The Labute approximate surface area is 85.5 Å². The summed E-state index contributed by atoms with van der Waals surface area (Å²) in [7, 11) is -1.43. The molecule has 0 aliphatic heterocycles. The molecule has 0 saturated heterocycles. The molecule has 0 rings (SSSR count). The van der Waals surface area contributed by atoms with Crippen molar-refractivity contribution in [3.63, 3.8) is 0 Å². The Hall–Kier alpha value is -0.135. The number of hydrogen-bond donors (Lipinski definition) is 0. The summed E-state index contributed by atoms with van der Waals surface area (Å²) in [6.07, 6.45) is 0. The molecule has 0 aromatic rings. The van der Waals surface area contributed by atoms with E-state index in [0.717, 1.165) is 0 Å².